The molecule has 0 saturated carbocycles. The maximum Gasteiger partial charge on any atom is 0.247 e. The van der Waals surface area contributed by atoms with Crippen molar-refractivity contribution in [3.8, 4) is 0 Å². The highest BCUT2D eigenvalue weighted by Crippen LogP contribution is 2.31. The first-order valence-corrected chi connectivity index (χ1v) is 12.0. The summed E-state index contributed by atoms with van der Waals surface area (Å²) >= 11 is 0. The van der Waals surface area contributed by atoms with Crippen LogP contribution >= 0.6 is 0 Å². The van der Waals surface area contributed by atoms with Gasteiger partial charge < -0.3 is 5.32 Å². The third kappa shape index (κ3) is 4.80. The molecule has 0 spiro atoms. The molecule has 2 aromatic rings. The van der Waals surface area contributed by atoms with Crippen LogP contribution in [0.25, 0.3) is 0 Å². The Labute approximate surface area is 184 Å². The van der Waals surface area contributed by atoms with Gasteiger partial charge in [0.25, 0.3) is 0 Å². The first-order valence-electron chi connectivity index (χ1n) is 10.4. The Morgan fingerprint density at radius 1 is 1.06 bits per heavy atom. The highest BCUT2D eigenvalue weighted by Gasteiger charge is 2.50. The van der Waals surface area contributed by atoms with Crippen LogP contribution in [0.2, 0.25) is 0 Å². The van der Waals surface area contributed by atoms with E-state index in [0.717, 1.165) is 21.9 Å². The summed E-state index contributed by atoms with van der Waals surface area (Å²) in [6.45, 7) is 5.07. The predicted molar refractivity (Wildman–Crippen MR) is 121 cm³/mol. The van der Waals surface area contributed by atoms with Crippen LogP contribution < -0.4 is 10.2 Å². The van der Waals surface area contributed by atoms with E-state index in [9.17, 15) is 18.0 Å². The largest absolute Gasteiger partial charge is 0.350 e. The molecule has 1 atom stereocenters. The molecule has 1 saturated heterocycles. The molecule has 7 nitrogen and oxygen atoms in total. The van der Waals surface area contributed by atoms with E-state index in [-0.39, 0.29) is 25.4 Å². The van der Waals surface area contributed by atoms with Gasteiger partial charge in [-0.15, -0.1) is 0 Å². The summed E-state index contributed by atoms with van der Waals surface area (Å²) in [5.41, 5.74) is 1.15. The molecule has 2 amide bonds. The molecule has 0 radical (unpaired) electrons. The first-order chi connectivity index (χ1) is 14.7. The maximum atomic E-state index is 13.4. The summed E-state index contributed by atoms with van der Waals surface area (Å²) < 4.78 is 26.2. The monoisotopic (exact) mass is 443 g/mol. The van der Waals surface area contributed by atoms with Gasteiger partial charge in [0, 0.05) is 18.8 Å². The number of hydrogen-bond donors (Lipinski definition) is 1. The van der Waals surface area contributed by atoms with Gasteiger partial charge in [-0.25, -0.2) is 8.42 Å². The number of anilines is 1. The van der Waals surface area contributed by atoms with E-state index in [4.69, 9.17) is 0 Å². The normalized spacial score (nSPS) is 20.0. The number of hydrogen-bond acceptors (Lipinski definition) is 4. The van der Waals surface area contributed by atoms with E-state index in [1.165, 1.54) is 11.8 Å². The standard InChI is InChI=1S/C23H29N3O4S/c1-4-18-12-9-13-20(14-18)26-21(27)16-25(31(29,30)5-2)17-23(26,3)22(28)24-15-19-10-7-6-8-11-19/h6-14H,4-5,15-17H2,1-3H3,(H,24,28). The van der Waals surface area contributed by atoms with Crippen molar-refractivity contribution in [2.75, 3.05) is 23.7 Å². The fraction of sp³-hybridized carbons (Fsp3) is 0.391. The van der Waals surface area contributed by atoms with Crippen molar-refractivity contribution >= 4 is 27.5 Å². The minimum atomic E-state index is -3.64. The fourth-order valence-corrected chi connectivity index (χ4v) is 4.95. The molecule has 0 bridgehead atoms. The molecule has 31 heavy (non-hydrogen) atoms. The number of carbonyl (C=O) groups is 2. The average Bonchev–Trinajstić information content (AvgIpc) is 2.77. The summed E-state index contributed by atoms with van der Waals surface area (Å²) in [6.07, 6.45) is 0.781. The summed E-state index contributed by atoms with van der Waals surface area (Å²) in [6, 6.07) is 16.9. The zero-order valence-electron chi connectivity index (χ0n) is 18.2. The molecule has 166 valence electrons. The number of sulfonamides is 1. The van der Waals surface area contributed by atoms with E-state index in [1.54, 1.807) is 13.0 Å². The minimum Gasteiger partial charge on any atom is -0.350 e. The van der Waals surface area contributed by atoms with Crippen LogP contribution in [-0.4, -0.2) is 48.9 Å². The van der Waals surface area contributed by atoms with Gasteiger partial charge in [-0.05, 0) is 43.5 Å². The Bertz CT molecular complexity index is 1060. The lowest BCUT2D eigenvalue weighted by Crippen LogP contribution is -2.70. The van der Waals surface area contributed by atoms with Gasteiger partial charge in [0.15, 0.2) is 0 Å². The van der Waals surface area contributed by atoms with Crippen molar-refractivity contribution in [2.24, 2.45) is 0 Å². The van der Waals surface area contributed by atoms with Crippen LogP contribution in [0.4, 0.5) is 5.69 Å². The lowest BCUT2D eigenvalue weighted by Gasteiger charge is -2.46. The third-order valence-electron chi connectivity index (χ3n) is 5.66. The van der Waals surface area contributed by atoms with Crippen molar-refractivity contribution in [1.29, 1.82) is 0 Å². The van der Waals surface area contributed by atoms with Crippen LogP contribution in [0.15, 0.2) is 54.6 Å². The van der Waals surface area contributed by atoms with Gasteiger partial charge in [0.2, 0.25) is 21.8 Å². The number of piperazine rings is 1. The Morgan fingerprint density at radius 3 is 2.39 bits per heavy atom. The SMILES string of the molecule is CCc1cccc(N2C(=O)CN(S(=O)(=O)CC)CC2(C)C(=O)NCc2ccccc2)c1. The van der Waals surface area contributed by atoms with Crippen LogP contribution in [0, 0.1) is 0 Å². The lowest BCUT2D eigenvalue weighted by atomic mass is 9.94. The molecule has 1 unspecified atom stereocenters. The van der Waals surface area contributed by atoms with Crippen LogP contribution in [-0.2, 0) is 32.6 Å². The first kappa shape index (κ1) is 23.0. The second-order valence-corrected chi connectivity index (χ2v) is 10.1. The number of rotatable bonds is 7. The van der Waals surface area contributed by atoms with Gasteiger partial charge in [0.05, 0.1) is 12.3 Å². The molecule has 1 aliphatic rings. The molecular formula is C23H29N3O4S. The van der Waals surface area contributed by atoms with Gasteiger partial charge in [-0.1, -0.05) is 49.4 Å². The summed E-state index contributed by atoms with van der Waals surface area (Å²) in [7, 11) is -3.64. The van der Waals surface area contributed by atoms with Crippen molar-refractivity contribution in [3.63, 3.8) is 0 Å². The summed E-state index contributed by atoms with van der Waals surface area (Å²) in [5, 5.41) is 2.89. The second kappa shape index (κ2) is 9.20. The summed E-state index contributed by atoms with van der Waals surface area (Å²) in [5.74, 6) is -0.954. The molecule has 1 aliphatic heterocycles. The number of nitrogens with one attached hydrogen (secondary N) is 1. The quantitative estimate of drug-likeness (QED) is 0.712. The van der Waals surface area contributed by atoms with Crippen LogP contribution in [0.5, 0.6) is 0 Å². The number of nitrogens with zero attached hydrogens (tertiary/aromatic N) is 2. The fourth-order valence-electron chi connectivity index (χ4n) is 3.83. The highest BCUT2D eigenvalue weighted by atomic mass is 32.2. The molecule has 0 aromatic heterocycles. The minimum absolute atomic E-state index is 0.105. The van der Waals surface area contributed by atoms with Gasteiger partial charge >= 0.3 is 0 Å². The van der Waals surface area contributed by atoms with Gasteiger partial charge in [0.1, 0.15) is 5.54 Å². The van der Waals surface area contributed by atoms with Gasteiger partial charge in [-0.2, -0.15) is 4.31 Å². The smallest absolute Gasteiger partial charge is 0.247 e. The topological polar surface area (TPSA) is 86.8 Å². The number of carbonyl (C=O) groups excluding carboxylic acids is 2. The molecular weight excluding hydrogens is 414 g/mol. The van der Waals surface area contributed by atoms with Crippen LogP contribution in [0.3, 0.4) is 0 Å². The zero-order valence-corrected chi connectivity index (χ0v) is 19.0. The van der Waals surface area contributed by atoms with E-state index < -0.39 is 27.4 Å². The van der Waals surface area contributed by atoms with Gasteiger partial charge in [-0.3, -0.25) is 14.5 Å². The lowest BCUT2D eigenvalue weighted by molar-refractivity contribution is -0.133. The molecule has 3 rings (SSSR count). The average molecular weight is 444 g/mol. The maximum absolute atomic E-state index is 13.4. The Balaban J connectivity index is 1.98. The van der Waals surface area contributed by atoms with E-state index in [0.29, 0.717) is 5.69 Å². The Hall–Kier alpha value is -2.71. The van der Waals surface area contributed by atoms with Crippen LogP contribution in [0.1, 0.15) is 31.9 Å². The predicted octanol–water partition coefficient (Wildman–Crippen LogP) is 2.32. The number of benzene rings is 2. The van der Waals surface area contributed by atoms with E-state index >= 15 is 0 Å². The Morgan fingerprint density at radius 2 is 1.74 bits per heavy atom. The number of amides is 2. The Kier molecular flexibility index (Phi) is 6.81. The second-order valence-electron chi connectivity index (χ2n) is 7.86. The molecule has 8 heteroatoms. The van der Waals surface area contributed by atoms with Crippen molar-refractivity contribution in [1.82, 2.24) is 9.62 Å². The molecule has 1 N–H and O–H groups in total. The highest BCUT2D eigenvalue weighted by molar-refractivity contribution is 7.89. The molecule has 1 fully saturated rings. The van der Waals surface area contributed by atoms with Crippen molar-refractivity contribution < 1.29 is 18.0 Å². The molecule has 1 heterocycles. The zero-order chi connectivity index (χ0) is 22.6. The molecule has 2 aromatic carbocycles. The van der Waals surface area contributed by atoms with E-state index in [1.807, 2.05) is 55.5 Å². The van der Waals surface area contributed by atoms with Crippen molar-refractivity contribution in [2.45, 2.75) is 39.3 Å². The number of aryl methyl sites for hydroxylation is 1. The summed E-state index contributed by atoms with van der Waals surface area (Å²) in [4.78, 5) is 28.1. The molecule has 0 aliphatic carbocycles. The van der Waals surface area contributed by atoms with E-state index in [2.05, 4.69) is 5.32 Å². The third-order valence-corrected chi connectivity index (χ3v) is 7.43. The van der Waals surface area contributed by atoms with Crippen molar-refractivity contribution in [3.05, 3.63) is 65.7 Å².